The molecule has 1 atom stereocenters. The Morgan fingerprint density at radius 1 is 1.15 bits per heavy atom. The molecule has 1 nitrogen and oxygen atoms in total. The molecule has 0 saturated heterocycles. The molecular weight excluding hydrogens is 342 g/mol. The molecule has 0 bridgehead atoms. The van der Waals surface area contributed by atoms with Crippen LogP contribution in [0.3, 0.4) is 0 Å². The highest BCUT2D eigenvalue weighted by atomic mass is 19.3. The minimum atomic E-state index is -3.12. The molecule has 3 heteroatoms. The van der Waals surface area contributed by atoms with Crippen LogP contribution in [0, 0.1) is 17.3 Å². The Bertz CT molecular complexity index is 618. The van der Waals surface area contributed by atoms with Crippen molar-refractivity contribution in [3.8, 4) is 0 Å². The van der Waals surface area contributed by atoms with Gasteiger partial charge in [0.25, 0.3) is 0 Å². The van der Waals surface area contributed by atoms with Gasteiger partial charge in [0.1, 0.15) is 5.76 Å². The standard InChI is InChI=1S/C24H34F2O/c1-5-6-7-8-9-16-23(4)17-20(3)12-15-22(18-23)27-24(25,26)21-13-10-19(2)11-14-21/h5,8-9,12,15,17-19,21H,1,6-7,10-11,13-14,16H2,2-4H3/b9-8+. The van der Waals surface area contributed by atoms with Crippen molar-refractivity contribution >= 4 is 0 Å². The van der Waals surface area contributed by atoms with Crippen molar-refractivity contribution in [2.75, 3.05) is 0 Å². The Labute approximate surface area is 163 Å². The molecule has 2 rings (SSSR count). The number of rotatable bonds is 8. The predicted octanol–water partition coefficient (Wildman–Crippen LogP) is 7.74. The normalized spacial score (nSPS) is 29.2. The van der Waals surface area contributed by atoms with E-state index in [0.29, 0.717) is 18.8 Å². The van der Waals surface area contributed by atoms with Gasteiger partial charge in [-0.25, -0.2) is 0 Å². The predicted molar refractivity (Wildman–Crippen MR) is 109 cm³/mol. The van der Waals surface area contributed by atoms with Crippen LogP contribution in [0.1, 0.15) is 65.7 Å². The Morgan fingerprint density at radius 3 is 2.52 bits per heavy atom. The number of hydrogen-bond donors (Lipinski definition) is 0. The van der Waals surface area contributed by atoms with Crippen molar-refractivity contribution in [2.45, 2.75) is 71.8 Å². The molecule has 0 radical (unpaired) electrons. The fourth-order valence-corrected chi connectivity index (χ4v) is 3.88. The Kier molecular flexibility index (Phi) is 7.64. The molecule has 0 aromatic rings. The van der Waals surface area contributed by atoms with Gasteiger partial charge < -0.3 is 4.74 Å². The van der Waals surface area contributed by atoms with E-state index in [-0.39, 0.29) is 11.2 Å². The van der Waals surface area contributed by atoms with E-state index in [0.717, 1.165) is 37.7 Å². The monoisotopic (exact) mass is 376 g/mol. The molecule has 1 fully saturated rings. The number of ether oxygens (including phenoxy) is 1. The average Bonchev–Trinajstić information content (AvgIpc) is 2.73. The van der Waals surface area contributed by atoms with Gasteiger partial charge in [0, 0.05) is 5.41 Å². The van der Waals surface area contributed by atoms with Crippen molar-refractivity contribution in [1.29, 1.82) is 0 Å². The summed E-state index contributed by atoms with van der Waals surface area (Å²) >= 11 is 0. The minimum Gasteiger partial charge on any atom is -0.433 e. The van der Waals surface area contributed by atoms with Crippen LogP contribution in [0.2, 0.25) is 0 Å². The minimum absolute atomic E-state index is 0.272. The van der Waals surface area contributed by atoms with Crippen molar-refractivity contribution in [3.05, 3.63) is 60.4 Å². The highest BCUT2D eigenvalue weighted by molar-refractivity contribution is 5.33. The lowest BCUT2D eigenvalue weighted by molar-refractivity contribution is -0.254. The third-order valence-corrected chi connectivity index (χ3v) is 5.55. The van der Waals surface area contributed by atoms with Gasteiger partial charge in [0.05, 0.1) is 5.92 Å². The summed E-state index contributed by atoms with van der Waals surface area (Å²) in [6.07, 6.45) is 15.9. The lowest BCUT2D eigenvalue weighted by atomic mass is 9.82. The molecule has 1 saturated carbocycles. The van der Waals surface area contributed by atoms with Gasteiger partial charge >= 0.3 is 6.11 Å². The van der Waals surface area contributed by atoms with Crippen molar-refractivity contribution in [1.82, 2.24) is 0 Å². The van der Waals surface area contributed by atoms with Crippen LogP contribution in [0.4, 0.5) is 8.78 Å². The summed E-state index contributed by atoms with van der Waals surface area (Å²) < 4.78 is 34.8. The molecule has 150 valence electrons. The van der Waals surface area contributed by atoms with Gasteiger partial charge in [0.2, 0.25) is 0 Å². The van der Waals surface area contributed by atoms with Crippen LogP contribution in [0.25, 0.3) is 0 Å². The largest absolute Gasteiger partial charge is 0.433 e. The first-order chi connectivity index (χ1) is 12.7. The van der Waals surface area contributed by atoms with E-state index in [9.17, 15) is 8.78 Å². The SMILES string of the molecule is C=CCC/C=C/CC1(C)C=C(C)C=CC(OC(F)(F)C2CCC(C)CC2)=C1. The molecule has 0 spiro atoms. The Morgan fingerprint density at radius 2 is 1.85 bits per heavy atom. The summed E-state index contributed by atoms with van der Waals surface area (Å²) in [6, 6.07) is 0. The highest BCUT2D eigenvalue weighted by Gasteiger charge is 2.44. The van der Waals surface area contributed by atoms with Gasteiger partial charge in [-0.05, 0) is 57.1 Å². The molecular formula is C24H34F2O. The quantitative estimate of drug-likeness (QED) is 0.311. The number of hydrogen-bond acceptors (Lipinski definition) is 1. The number of alkyl halides is 2. The first-order valence-electron chi connectivity index (χ1n) is 10.2. The smallest absolute Gasteiger partial charge is 0.400 e. The van der Waals surface area contributed by atoms with E-state index in [4.69, 9.17) is 4.74 Å². The van der Waals surface area contributed by atoms with Gasteiger partial charge in [-0.15, -0.1) is 6.58 Å². The van der Waals surface area contributed by atoms with Crippen LogP contribution in [0.5, 0.6) is 0 Å². The summed E-state index contributed by atoms with van der Waals surface area (Å²) in [5.41, 5.74) is 0.715. The van der Waals surface area contributed by atoms with Gasteiger partial charge in [-0.1, -0.05) is 62.6 Å². The summed E-state index contributed by atoms with van der Waals surface area (Å²) in [7, 11) is 0. The first kappa shape index (κ1) is 21.7. The van der Waals surface area contributed by atoms with Gasteiger partial charge in [0.15, 0.2) is 0 Å². The topological polar surface area (TPSA) is 9.23 Å². The number of halogens is 2. The maximum absolute atomic E-state index is 14.8. The number of allylic oxidation sites excluding steroid dienone is 8. The third kappa shape index (κ3) is 6.79. The maximum atomic E-state index is 14.8. The van der Waals surface area contributed by atoms with Gasteiger partial charge in [-0.3, -0.25) is 0 Å². The lowest BCUT2D eigenvalue weighted by Crippen LogP contribution is -2.34. The molecule has 27 heavy (non-hydrogen) atoms. The Balaban J connectivity index is 2.09. The van der Waals surface area contributed by atoms with E-state index in [1.807, 2.05) is 25.2 Å². The van der Waals surface area contributed by atoms with Crippen LogP contribution >= 0.6 is 0 Å². The van der Waals surface area contributed by atoms with E-state index < -0.39 is 12.0 Å². The van der Waals surface area contributed by atoms with E-state index >= 15 is 0 Å². The molecule has 0 N–H and O–H groups in total. The van der Waals surface area contributed by atoms with Crippen molar-refractivity contribution in [3.63, 3.8) is 0 Å². The van der Waals surface area contributed by atoms with Crippen molar-refractivity contribution in [2.24, 2.45) is 17.3 Å². The van der Waals surface area contributed by atoms with E-state index in [2.05, 4.69) is 38.7 Å². The maximum Gasteiger partial charge on any atom is 0.400 e. The fraction of sp³-hybridized carbons (Fsp3) is 0.583. The Hall–Kier alpha value is -1.64. The average molecular weight is 377 g/mol. The summed E-state index contributed by atoms with van der Waals surface area (Å²) in [4.78, 5) is 0. The molecule has 2 aliphatic carbocycles. The molecule has 0 aromatic heterocycles. The molecule has 2 aliphatic rings. The molecule has 0 amide bonds. The summed E-state index contributed by atoms with van der Waals surface area (Å²) in [6.45, 7) is 9.91. The second-order valence-electron chi connectivity index (χ2n) is 8.44. The molecule has 1 unspecified atom stereocenters. The second-order valence-corrected chi connectivity index (χ2v) is 8.44. The van der Waals surface area contributed by atoms with Crippen LogP contribution < -0.4 is 0 Å². The van der Waals surface area contributed by atoms with Crippen molar-refractivity contribution < 1.29 is 13.5 Å². The van der Waals surface area contributed by atoms with Crippen LogP contribution in [-0.4, -0.2) is 6.11 Å². The zero-order valence-corrected chi connectivity index (χ0v) is 17.0. The van der Waals surface area contributed by atoms with Crippen LogP contribution in [-0.2, 0) is 4.74 Å². The third-order valence-electron chi connectivity index (χ3n) is 5.55. The second kappa shape index (κ2) is 9.52. The summed E-state index contributed by atoms with van der Waals surface area (Å²) in [5, 5.41) is 0. The zero-order chi connectivity index (χ0) is 19.9. The molecule has 0 heterocycles. The number of unbranched alkanes of at least 4 members (excludes halogenated alkanes) is 1. The van der Waals surface area contributed by atoms with Crippen LogP contribution in [0.15, 0.2) is 60.4 Å². The van der Waals surface area contributed by atoms with Gasteiger partial charge in [-0.2, -0.15) is 8.78 Å². The summed E-state index contributed by atoms with van der Waals surface area (Å²) in [5.74, 6) is 0.121. The highest BCUT2D eigenvalue weighted by Crippen LogP contribution is 2.42. The fourth-order valence-electron chi connectivity index (χ4n) is 3.88. The lowest BCUT2D eigenvalue weighted by Gasteiger charge is -2.32. The first-order valence-corrected chi connectivity index (χ1v) is 10.2. The zero-order valence-electron chi connectivity index (χ0n) is 17.0. The molecule has 0 aliphatic heterocycles. The van der Waals surface area contributed by atoms with E-state index in [1.165, 1.54) is 0 Å². The van der Waals surface area contributed by atoms with E-state index in [1.54, 1.807) is 6.08 Å². The molecule has 0 aromatic carbocycles.